The van der Waals surface area contributed by atoms with Gasteiger partial charge in [-0.3, -0.25) is 0 Å². The fraction of sp³-hybridized carbons (Fsp3) is 0.263. The Morgan fingerprint density at radius 1 is 0.800 bits per heavy atom. The van der Waals surface area contributed by atoms with Crippen LogP contribution in [0.5, 0.6) is 23.0 Å². The molecule has 6 nitrogen and oxygen atoms in total. The van der Waals surface area contributed by atoms with E-state index in [-0.39, 0.29) is 6.61 Å². The molecule has 0 bridgehead atoms. The number of ether oxygens (including phenoxy) is 4. The molecule has 0 fully saturated rings. The Morgan fingerprint density at radius 3 is 1.96 bits per heavy atom. The van der Waals surface area contributed by atoms with Gasteiger partial charge in [0.1, 0.15) is 17.1 Å². The Bertz CT molecular complexity index is 871. The van der Waals surface area contributed by atoms with Gasteiger partial charge in [0.2, 0.25) is 5.75 Å². The number of benzene rings is 2. The number of aliphatic hydroxyl groups is 1. The van der Waals surface area contributed by atoms with Crippen molar-refractivity contribution in [2.45, 2.75) is 6.61 Å². The van der Waals surface area contributed by atoms with Crippen LogP contribution in [0.1, 0.15) is 5.56 Å². The SMILES string of the molecule is COc1cc(-c2cc3c(OC)cc(CO)cc3o2)cc(OC)c1OC. The van der Waals surface area contributed by atoms with Crippen molar-refractivity contribution >= 4 is 11.0 Å². The first-order valence-corrected chi connectivity index (χ1v) is 7.66. The van der Waals surface area contributed by atoms with E-state index in [4.69, 9.17) is 23.4 Å². The minimum Gasteiger partial charge on any atom is -0.496 e. The molecule has 0 atom stereocenters. The summed E-state index contributed by atoms with van der Waals surface area (Å²) in [6.07, 6.45) is 0. The lowest BCUT2D eigenvalue weighted by molar-refractivity contribution is 0.281. The summed E-state index contributed by atoms with van der Waals surface area (Å²) < 4.78 is 27.5. The second-order valence-electron chi connectivity index (χ2n) is 5.39. The third-order valence-electron chi connectivity index (χ3n) is 4.01. The Labute approximate surface area is 145 Å². The van der Waals surface area contributed by atoms with Crippen molar-refractivity contribution in [3.63, 3.8) is 0 Å². The topological polar surface area (TPSA) is 70.3 Å². The van der Waals surface area contributed by atoms with Crippen LogP contribution >= 0.6 is 0 Å². The van der Waals surface area contributed by atoms with Gasteiger partial charge in [-0.2, -0.15) is 0 Å². The van der Waals surface area contributed by atoms with Crippen molar-refractivity contribution in [1.29, 1.82) is 0 Å². The van der Waals surface area contributed by atoms with Gasteiger partial charge in [-0.1, -0.05) is 0 Å². The molecule has 0 saturated carbocycles. The summed E-state index contributed by atoms with van der Waals surface area (Å²) in [5, 5.41) is 10.2. The van der Waals surface area contributed by atoms with Crippen LogP contribution < -0.4 is 18.9 Å². The van der Waals surface area contributed by atoms with Gasteiger partial charge in [-0.25, -0.2) is 0 Å². The number of hydrogen-bond donors (Lipinski definition) is 1. The zero-order valence-corrected chi connectivity index (χ0v) is 14.6. The molecule has 3 rings (SSSR count). The van der Waals surface area contributed by atoms with Crippen molar-refractivity contribution in [2.75, 3.05) is 28.4 Å². The maximum atomic E-state index is 9.39. The molecule has 132 valence electrons. The van der Waals surface area contributed by atoms with E-state index in [9.17, 15) is 5.11 Å². The van der Waals surface area contributed by atoms with Gasteiger partial charge < -0.3 is 28.5 Å². The van der Waals surface area contributed by atoms with Crippen molar-refractivity contribution in [1.82, 2.24) is 0 Å². The predicted molar refractivity (Wildman–Crippen MR) is 93.8 cm³/mol. The van der Waals surface area contributed by atoms with Crippen LogP contribution in [0.4, 0.5) is 0 Å². The van der Waals surface area contributed by atoms with Crippen LogP contribution in [-0.2, 0) is 6.61 Å². The molecule has 0 saturated heterocycles. The van der Waals surface area contributed by atoms with Crippen LogP contribution in [0.3, 0.4) is 0 Å². The van der Waals surface area contributed by atoms with Crippen molar-refractivity contribution in [2.24, 2.45) is 0 Å². The van der Waals surface area contributed by atoms with Crippen LogP contribution in [0, 0.1) is 0 Å². The summed E-state index contributed by atoms with van der Waals surface area (Å²) in [6, 6.07) is 9.10. The standard InChI is InChI=1S/C19H20O6/c1-21-15-5-11(10-20)6-16-13(15)9-14(25-16)12-7-17(22-2)19(24-4)18(8-12)23-3/h5-9,20H,10H2,1-4H3. The van der Waals surface area contributed by atoms with Gasteiger partial charge in [0.15, 0.2) is 11.5 Å². The van der Waals surface area contributed by atoms with Crippen LogP contribution in [-0.4, -0.2) is 33.5 Å². The highest BCUT2D eigenvalue weighted by molar-refractivity contribution is 5.89. The summed E-state index contributed by atoms with van der Waals surface area (Å²) in [4.78, 5) is 0. The smallest absolute Gasteiger partial charge is 0.203 e. The molecule has 3 aromatic rings. The van der Waals surface area contributed by atoms with Gasteiger partial charge in [0, 0.05) is 5.56 Å². The van der Waals surface area contributed by atoms with Crippen LogP contribution in [0.15, 0.2) is 34.7 Å². The lowest BCUT2D eigenvalue weighted by atomic mass is 10.1. The highest BCUT2D eigenvalue weighted by Crippen LogP contribution is 2.43. The number of fused-ring (bicyclic) bond motifs is 1. The molecule has 0 amide bonds. The number of rotatable bonds is 6. The predicted octanol–water partition coefficient (Wildman–Crippen LogP) is 3.63. The molecule has 1 heterocycles. The Morgan fingerprint density at radius 2 is 1.44 bits per heavy atom. The van der Waals surface area contributed by atoms with Gasteiger partial charge in [0.25, 0.3) is 0 Å². The molecule has 0 unspecified atom stereocenters. The minimum absolute atomic E-state index is 0.0908. The van der Waals surface area contributed by atoms with E-state index in [0.717, 1.165) is 16.5 Å². The first kappa shape index (κ1) is 17.0. The Kier molecular flexibility index (Phi) is 4.72. The highest BCUT2D eigenvalue weighted by atomic mass is 16.5. The maximum absolute atomic E-state index is 9.39. The molecule has 1 aromatic heterocycles. The van der Waals surface area contributed by atoms with Crippen molar-refractivity contribution in [3.05, 3.63) is 35.9 Å². The average molecular weight is 344 g/mol. The summed E-state index contributed by atoms with van der Waals surface area (Å²) in [6.45, 7) is -0.0908. The fourth-order valence-corrected chi connectivity index (χ4v) is 2.79. The second-order valence-corrected chi connectivity index (χ2v) is 5.39. The number of furan rings is 1. The Balaban J connectivity index is 2.19. The first-order valence-electron chi connectivity index (χ1n) is 7.66. The van der Waals surface area contributed by atoms with Gasteiger partial charge in [0.05, 0.1) is 40.4 Å². The number of hydrogen-bond acceptors (Lipinski definition) is 6. The average Bonchev–Trinajstić information content (AvgIpc) is 3.09. The van der Waals surface area contributed by atoms with Crippen LogP contribution in [0.25, 0.3) is 22.3 Å². The summed E-state index contributed by atoms with van der Waals surface area (Å²) in [7, 11) is 6.27. The molecule has 1 N–H and O–H groups in total. The second kappa shape index (κ2) is 6.94. The lowest BCUT2D eigenvalue weighted by Gasteiger charge is -2.13. The minimum atomic E-state index is -0.0908. The molecule has 0 radical (unpaired) electrons. The number of aliphatic hydroxyl groups excluding tert-OH is 1. The molecular formula is C19H20O6. The van der Waals surface area contributed by atoms with Gasteiger partial charge in [-0.15, -0.1) is 0 Å². The molecule has 2 aromatic carbocycles. The molecule has 6 heteroatoms. The highest BCUT2D eigenvalue weighted by Gasteiger charge is 2.17. The third kappa shape index (κ3) is 2.96. The molecular weight excluding hydrogens is 324 g/mol. The molecule has 25 heavy (non-hydrogen) atoms. The van der Waals surface area contributed by atoms with E-state index in [1.165, 1.54) is 0 Å². The quantitative estimate of drug-likeness (QED) is 0.736. The monoisotopic (exact) mass is 344 g/mol. The zero-order chi connectivity index (χ0) is 18.0. The molecule has 0 aliphatic heterocycles. The largest absolute Gasteiger partial charge is 0.496 e. The number of methoxy groups -OCH3 is 4. The normalized spacial score (nSPS) is 10.8. The van der Waals surface area contributed by atoms with E-state index >= 15 is 0 Å². The van der Waals surface area contributed by atoms with E-state index in [1.54, 1.807) is 40.6 Å². The fourth-order valence-electron chi connectivity index (χ4n) is 2.79. The third-order valence-corrected chi connectivity index (χ3v) is 4.01. The van der Waals surface area contributed by atoms with Gasteiger partial charge in [-0.05, 0) is 35.9 Å². The van der Waals surface area contributed by atoms with Crippen LogP contribution in [0.2, 0.25) is 0 Å². The van der Waals surface area contributed by atoms with Crippen molar-refractivity contribution in [3.8, 4) is 34.3 Å². The van der Waals surface area contributed by atoms with E-state index in [1.807, 2.05) is 18.2 Å². The van der Waals surface area contributed by atoms with Crippen molar-refractivity contribution < 1.29 is 28.5 Å². The lowest BCUT2D eigenvalue weighted by Crippen LogP contribution is -1.95. The van der Waals surface area contributed by atoms with Gasteiger partial charge >= 0.3 is 0 Å². The summed E-state index contributed by atoms with van der Waals surface area (Å²) in [5.74, 6) is 2.87. The van der Waals surface area contributed by atoms with E-state index < -0.39 is 0 Å². The zero-order valence-electron chi connectivity index (χ0n) is 14.6. The molecule has 0 spiro atoms. The first-order chi connectivity index (χ1) is 12.1. The summed E-state index contributed by atoms with van der Waals surface area (Å²) in [5.41, 5.74) is 2.13. The maximum Gasteiger partial charge on any atom is 0.203 e. The Hall–Kier alpha value is -2.86. The summed E-state index contributed by atoms with van der Waals surface area (Å²) >= 11 is 0. The van der Waals surface area contributed by atoms with E-state index in [2.05, 4.69) is 0 Å². The van der Waals surface area contributed by atoms with E-state index in [0.29, 0.717) is 34.3 Å². The molecule has 0 aliphatic carbocycles. The molecule has 0 aliphatic rings.